The topological polar surface area (TPSA) is 88.4 Å². The van der Waals surface area contributed by atoms with Gasteiger partial charge in [-0.15, -0.1) is 0 Å². The molecule has 7 heteroatoms. The maximum atomic E-state index is 12.2. The summed E-state index contributed by atoms with van der Waals surface area (Å²) in [4.78, 5) is 12.2. The Bertz CT molecular complexity index is 609. The minimum Gasteiger partial charge on any atom is -0.438 e. The number of carbonyl (C=O) groups excluding carboxylic acids is 1. The van der Waals surface area contributed by atoms with Crippen LogP contribution < -0.4 is 10.0 Å². The molecule has 0 spiro atoms. The van der Waals surface area contributed by atoms with Gasteiger partial charge in [-0.05, 0) is 44.9 Å². The van der Waals surface area contributed by atoms with E-state index in [1.54, 1.807) is 0 Å². The van der Waals surface area contributed by atoms with Gasteiger partial charge in [-0.2, -0.15) is 0 Å². The molecule has 1 amide bonds. The van der Waals surface area contributed by atoms with Gasteiger partial charge in [0.25, 0.3) is 15.9 Å². The summed E-state index contributed by atoms with van der Waals surface area (Å²) in [5.41, 5.74) is -0.370. The molecule has 0 fully saturated rings. The van der Waals surface area contributed by atoms with E-state index in [-0.39, 0.29) is 16.3 Å². The third-order valence-corrected chi connectivity index (χ3v) is 4.05. The summed E-state index contributed by atoms with van der Waals surface area (Å²) in [5.74, 6) is -0.451. The van der Waals surface area contributed by atoms with Gasteiger partial charge >= 0.3 is 0 Å². The molecule has 0 bridgehead atoms. The predicted octanol–water partition coefficient (Wildman–Crippen LogP) is 2.13. The van der Waals surface area contributed by atoms with Crippen molar-refractivity contribution in [3.63, 3.8) is 0 Å². The van der Waals surface area contributed by atoms with Crippen molar-refractivity contribution in [3.8, 4) is 0 Å². The number of sulfonamides is 1. The van der Waals surface area contributed by atoms with Crippen molar-refractivity contribution in [1.82, 2.24) is 10.0 Å². The van der Waals surface area contributed by atoms with Crippen LogP contribution >= 0.6 is 0 Å². The van der Waals surface area contributed by atoms with Gasteiger partial charge in [-0.3, -0.25) is 4.79 Å². The van der Waals surface area contributed by atoms with Crippen LogP contribution in [0.15, 0.2) is 21.6 Å². The van der Waals surface area contributed by atoms with Crippen molar-refractivity contribution in [3.05, 3.63) is 17.9 Å². The van der Waals surface area contributed by atoms with E-state index in [1.165, 1.54) is 19.2 Å². The number of hydrogen-bond donors (Lipinski definition) is 2. The predicted molar refractivity (Wildman–Crippen MR) is 80.6 cm³/mol. The number of carbonyl (C=O) groups is 1. The fourth-order valence-corrected chi connectivity index (χ4v) is 3.07. The lowest BCUT2D eigenvalue weighted by atomic mass is 9.82. The first-order chi connectivity index (χ1) is 9.36. The smallest absolute Gasteiger partial charge is 0.287 e. The van der Waals surface area contributed by atoms with Crippen LogP contribution in [0.5, 0.6) is 0 Å². The van der Waals surface area contributed by atoms with Gasteiger partial charge in [-0.25, -0.2) is 13.1 Å². The standard InChI is InChI=1S/C14H24N2O4S/c1-13(2,3)9-14(4,5)16-12(17)10-7-8-11(20-10)21(18,19)15-6/h7-8,15H,9H2,1-6H3,(H,16,17). The van der Waals surface area contributed by atoms with Crippen LogP contribution in [-0.4, -0.2) is 26.9 Å². The van der Waals surface area contributed by atoms with E-state index in [1.807, 2.05) is 13.8 Å². The van der Waals surface area contributed by atoms with Gasteiger partial charge < -0.3 is 9.73 Å². The second-order valence-corrected chi connectivity index (χ2v) is 8.72. The van der Waals surface area contributed by atoms with Crippen LogP contribution in [0.4, 0.5) is 0 Å². The van der Waals surface area contributed by atoms with Gasteiger partial charge in [0.15, 0.2) is 5.76 Å². The van der Waals surface area contributed by atoms with Crippen molar-refractivity contribution in [2.75, 3.05) is 7.05 Å². The molecule has 0 saturated heterocycles. The zero-order valence-corrected chi connectivity index (χ0v) is 14.2. The summed E-state index contributed by atoms with van der Waals surface area (Å²) in [6.45, 7) is 10.1. The highest BCUT2D eigenvalue weighted by Crippen LogP contribution is 2.27. The van der Waals surface area contributed by atoms with Crippen LogP contribution in [0.2, 0.25) is 0 Å². The Kier molecular flexibility index (Phi) is 4.90. The summed E-state index contributed by atoms with van der Waals surface area (Å²) in [6.07, 6.45) is 0.772. The quantitative estimate of drug-likeness (QED) is 0.871. The summed E-state index contributed by atoms with van der Waals surface area (Å²) >= 11 is 0. The van der Waals surface area contributed by atoms with Crippen molar-refractivity contribution in [2.24, 2.45) is 5.41 Å². The number of furan rings is 1. The molecule has 6 nitrogen and oxygen atoms in total. The summed E-state index contributed by atoms with van der Waals surface area (Å²) < 4.78 is 30.4. The third kappa shape index (κ3) is 5.17. The molecule has 0 atom stereocenters. The minimum absolute atomic E-state index is 0.0224. The Morgan fingerprint density at radius 1 is 1.19 bits per heavy atom. The molecular formula is C14H24N2O4S. The fourth-order valence-electron chi connectivity index (χ4n) is 2.43. The molecule has 0 radical (unpaired) electrons. The Hall–Kier alpha value is -1.34. The Morgan fingerprint density at radius 2 is 1.76 bits per heavy atom. The summed E-state index contributed by atoms with van der Waals surface area (Å²) in [5, 5.41) is 2.59. The van der Waals surface area contributed by atoms with Gasteiger partial charge in [0.2, 0.25) is 5.09 Å². The molecule has 2 N–H and O–H groups in total. The molecule has 1 rings (SSSR count). The molecule has 0 aliphatic heterocycles. The van der Waals surface area contributed by atoms with Crippen molar-refractivity contribution < 1.29 is 17.6 Å². The molecular weight excluding hydrogens is 292 g/mol. The molecule has 0 aliphatic carbocycles. The molecule has 21 heavy (non-hydrogen) atoms. The second kappa shape index (κ2) is 5.81. The van der Waals surface area contributed by atoms with Gasteiger partial charge in [-0.1, -0.05) is 20.8 Å². The van der Waals surface area contributed by atoms with Gasteiger partial charge in [0, 0.05) is 5.54 Å². The normalized spacial score (nSPS) is 13.2. The molecule has 1 aromatic heterocycles. The van der Waals surface area contributed by atoms with E-state index in [0.717, 1.165) is 6.42 Å². The number of hydrogen-bond acceptors (Lipinski definition) is 4. The average Bonchev–Trinajstić information content (AvgIpc) is 2.74. The van der Waals surface area contributed by atoms with Crippen LogP contribution in [0, 0.1) is 5.41 Å². The zero-order chi connectivity index (χ0) is 16.5. The second-order valence-electron chi connectivity index (χ2n) is 6.90. The maximum Gasteiger partial charge on any atom is 0.287 e. The highest BCUT2D eigenvalue weighted by molar-refractivity contribution is 7.89. The number of amides is 1. The Balaban J connectivity index is 2.86. The van der Waals surface area contributed by atoms with Crippen LogP contribution in [0.25, 0.3) is 0 Å². The molecule has 0 unspecified atom stereocenters. The van der Waals surface area contributed by atoms with Crippen LogP contribution in [0.1, 0.15) is 51.6 Å². The number of nitrogens with one attached hydrogen (secondary N) is 2. The molecule has 0 saturated carbocycles. The molecule has 0 aliphatic rings. The van der Waals surface area contributed by atoms with Crippen molar-refractivity contribution >= 4 is 15.9 Å². The fraction of sp³-hybridized carbons (Fsp3) is 0.643. The maximum absolute atomic E-state index is 12.2. The zero-order valence-electron chi connectivity index (χ0n) is 13.4. The lowest BCUT2D eigenvalue weighted by Crippen LogP contribution is -2.45. The van der Waals surface area contributed by atoms with E-state index in [0.29, 0.717) is 0 Å². The average molecular weight is 316 g/mol. The summed E-state index contributed by atoms with van der Waals surface area (Å²) in [7, 11) is -2.40. The lowest BCUT2D eigenvalue weighted by molar-refractivity contribution is 0.0857. The first kappa shape index (κ1) is 17.7. The molecule has 0 aromatic carbocycles. The van der Waals surface area contributed by atoms with Crippen molar-refractivity contribution in [2.45, 2.75) is 51.7 Å². The van der Waals surface area contributed by atoms with E-state index < -0.39 is 21.5 Å². The molecule has 120 valence electrons. The van der Waals surface area contributed by atoms with Gasteiger partial charge in [0.05, 0.1) is 0 Å². The van der Waals surface area contributed by atoms with Crippen molar-refractivity contribution in [1.29, 1.82) is 0 Å². The summed E-state index contributed by atoms with van der Waals surface area (Å²) in [6, 6.07) is 2.62. The third-order valence-electron chi connectivity index (χ3n) is 2.76. The van der Waals surface area contributed by atoms with E-state index in [4.69, 9.17) is 4.42 Å². The first-order valence-corrected chi connectivity index (χ1v) is 8.20. The van der Waals surface area contributed by atoms with E-state index in [9.17, 15) is 13.2 Å². The largest absolute Gasteiger partial charge is 0.438 e. The monoisotopic (exact) mass is 316 g/mol. The van der Waals surface area contributed by atoms with E-state index in [2.05, 4.69) is 30.8 Å². The van der Waals surface area contributed by atoms with Crippen LogP contribution in [-0.2, 0) is 10.0 Å². The SMILES string of the molecule is CNS(=O)(=O)c1ccc(C(=O)NC(C)(C)CC(C)(C)C)o1. The van der Waals surface area contributed by atoms with Gasteiger partial charge in [0.1, 0.15) is 0 Å². The van der Waals surface area contributed by atoms with Crippen LogP contribution in [0.3, 0.4) is 0 Å². The molecule has 1 aromatic rings. The lowest BCUT2D eigenvalue weighted by Gasteiger charge is -2.33. The van der Waals surface area contributed by atoms with E-state index >= 15 is 0 Å². The Morgan fingerprint density at radius 3 is 2.24 bits per heavy atom. The highest BCUT2D eigenvalue weighted by Gasteiger charge is 2.29. The first-order valence-electron chi connectivity index (χ1n) is 6.72. The Labute approximate surface area is 126 Å². The number of rotatable bonds is 5. The minimum atomic E-state index is -3.68. The molecule has 1 heterocycles. The highest BCUT2D eigenvalue weighted by atomic mass is 32.2.